The smallest absolute Gasteiger partial charge is 0.321 e. The van der Waals surface area contributed by atoms with Crippen LogP contribution in [0, 0.1) is 0 Å². The molecule has 2 aliphatic carbocycles. The van der Waals surface area contributed by atoms with Crippen LogP contribution in [-0.4, -0.2) is 56.1 Å². The van der Waals surface area contributed by atoms with Crippen molar-refractivity contribution < 1.29 is 42.7 Å². The predicted octanol–water partition coefficient (Wildman–Crippen LogP) is 5.67. The molecule has 0 aromatic heterocycles. The Morgan fingerprint density at radius 3 is 1.38 bits per heavy atom. The minimum Gasteiger partial charge on any atom is -0.454 e. The van der Waals surface area contributed by atoms with E-state index in [9.17, 15) is 0 Å². The first-order chi connectivity index (χ1) is 23.7. The number of nitrogens with zero attached hydrogens (tertiary/aromatic N) is 2. The van der Waals surface area contributed by atoms with Crippen LogP contribution in [0.15, 0.2) is 36.4 Å². The number of ether oxygens (including phenoxy) is 8. The molecule has 8 aliphatic rings. The topological polar surface area (TPSA) is 97.4 Å². The average Bonchev–Trinajstić information content (AvgIpc) is 3.94. The van der Waals surface area contributed by atoms with Gasteiger partial charge in [0.2, 0.25) is 27.2 Å². The van der Waals surface area contributed by atoms with Crippen LogP contribution in [0.3, 0.4) is 0 Å². The Morgan fingerprint density at radius 1 is 0.500 bits per heavy atom. The highest BCUT2D eigenvalue weighted by Gasteiger charge is 2.47. The molecule has 48 heavy (non-hydrogen) atoms. The molecule has 240 valence electrons. The van der Waals surface area contributed by atoms with Crippen LogP contribution in [0.2, 0.25) is 0 Å². The van der Waals surface area contributed by atoms with Crippen molar-refractivity contribution in [2.75, 3.05) is 40.3 Å². The van der Waals surface area contributed by atoms with Crippen molar-refractivity contribution in [1.82, 2.24) is 9.80 Å². The minimum atomic E-state index is -0.166. The fourth-order valence-electron chi connectivity index (χ4n) is 9.38. The maximum Gasteiger partial charge on any atom is 0.321 e. The molecule has 2 atom stereocenters. The largest absolute Gasteiger partial charge is 0.454 e. The normalized spacial score (nSPS) is 21.8. The Bertz CT molecular complexity index is 2030. The van der Waals surface area contributed by atoms with Gasteiger partial charge in [-0.2, -0.15) is 0 Å². The number of carbonyl (C=O) groups excluding carboxylic acids is 1. The second kappa shape index (κ2) is 8.91. The second-order valence-electron chi connectivity index (χ2n) is 13.4. The molecule has 12 rings (SSSR count). The zero-order valence-electron chi connectivity index (χ0n) is 25.8. The van der Waals surface area contributed by atoms with Gasteiger partial charge in [0.15, 0.2) is 46.0 Å². The van der Waals surface area contributed by atoms with Crippen LogP contribution in [0.4, 0.5) is 4.79 Å². The Balaban J connectivity index is 0.990. The summed E-state index contributed by atoms with van der Waals surface area (Å²) in [4.78, 5) is 19.3. The summed E-state index contributed by atoms with van der Waals surface area (Å²) in [5.74, 6) is 5.85. The first kappa shape index (κ1) is 25.6. The summed E-state index contributed by atoms with van der Waals surface area (Å²) in [5.41, 5.74) is 10.7. The van der Waals surface area contributed by atoms with Gasteiger partial charge in [0.1, 0.15) is 0 Å². The number of fused-ring (bicyclic) bond motifs is 12. The minimum absolute atomic E-state index is 0.0434. The van der Waals surface area contributed by atoms with Crippen molar-refractivity contribution in [3.05, 3.63) is 69.8 Å². The van der Waals surface area contributed by atoms with E-state index in [1.54, 1.807) is 0 Å². The van der Waals surface area contributed by atoms with E-state index in [4.69, 9.17) is 37.9 Å². The van der Waals surface area contributed by atoms with Crippen molar-refractivity contribution in [3.63, 3.8) is 0 Å². The number of benzene rings is 4. The molecule has 0 spiro atoms. The zero-order chi connectivity index (χ0) is 31.2. The van der Waals surface area contributed by atoms with Crippen LogP contribution in [-0.2, 0) is 25.7 Å². The molecular weight excluding hydrogens is 616 g/mol. The molecular formula is C37H28N2O9. The highest BCUT2D eigenvalue weighted by molar-refractivity contribution is 5.92. The molecule has 6 heterocycles. The van der Waals surface area contributed by atoms with Crippen LogP contribution in [0.5, 0.6) is 46.0 Å². The van der Waals surface area contributed by atoms with Gasteiger partial charge >= 0.3 is 6.03 Å². The number of hydrogen-bond acceptors (Lipinski definition) is 9. The molecule has 11 nitrogen and oxygen atoms in total. The van der Waals surface area contributed by atoms with Crippen molar-refractivity contribution >= 4 is 6.03 Å². The van der Waals surface area contributed by atoms with Gasteiger partial charge in [-0.3, -0.25) is 0 Å². The Morgan fingerprint density at radius 2 is 0.917 bits per heavy atom. The first-order valence-corrected chi connectivity index (χ1v) is 16.5. The van der Waals surface area contributed by atoms with E-state index in [1.807, 2.05) is 12.1 Å². The predicted molar refractivity (Wildman–Crippen MR) is 167 cm³/mol. The molecule has 11 heteroatoms. The van der Waals surface area contributed by atoms with E-state index in [0.29, 0.717) is 50.3 Å². The van der Waals surface area contributed by atoms with Gasteiger partial charge in [0, 0.05) is 35.3 Å². The summed E-state index contributed by atoms with van der Waals surface area (Å²) >= 11 is 0. The van der Waals surface area contributed by atoms with Gasteiger partial charge < -0.3 is 47.7 Å². The summed E-state index contributed by atoms with van der Waals surface area (Å²) in [5, 5.41) is 0. The van der Waals surface area contributed by atoms with Gasteiger partial charge in [-0.25, -0.2) is 4.79 Å². The summed E-state index contributed by atoms with van der Waals surface area (Å²) < 4.78 is 47.7. The molecule has 4 aromatic carbocycles. The van der Waals surface area contributed by atoms with Gasteiger partial charge in [-0.1, -0.05) is 12.1 Å². The van der Waals surface area contributed by atoms with E-state index in [2.05, 4.69) is 34.1 Å². The molecule has 4 aromatic rings. The third-order valence-electron chi connectivity index (χ3n) is 11.3. The summed E-state index contributed by atoms with van der Waals surface area (Å²) in [6.07, 6.45) is 2.77. The molecule has 0 fully saturated rings. The lowest BCUT2D eigenvalue weighted by molar-refractivity contribution is 0.106. The number of carbonyl (C=O) groups is 1. The Hall–Kier alpha value is -5.45. The van der Waals surface area contributed by atoms with Gasteiger partial charge in [0.25, 0.3) is 0 Å². The number of rotatable bonds is 0. The van der Waals surface area contributed by atoms with Crippen LogP contribution >= 0.6 is 0 Å². The number of hydrogen-bond donors (Lipinski definition) is 0. The molecule has 2 amide bonds. The molecule has 0 unspecified atom stereocenters. The van der Waals surface area contributed by atoms with E-state index < -0.39 is 0 Å². The Kier molecular flexibility index (Phi) is 4.76. The van der Waals surface area contributed by atoms with Crippen molar-refractivity contribution in [1.29, 1.82) is 0 Å². The lowest BCUT2D eigenvalue weighted by Crippen LogP contribution is -2.52. The first-order valence-electron chi connectivity index (χ1n) is 16.5. The number of urea groups is 1. The van der Waals surface area contributed by atoms with Crippen molar-refractivity contribution in [2.45, 2.75) is 37.8 Å². The van der Waals surface area contributed by atoms with Crippen LogP contribution in [0.1, 0.15) is 45.5 Å². The molecule has 0 bridgehead atoms. The van der Waals surface area contributed by atoms with E-state index in [0.717, 1.165) is 79.0 Å². The molecule has 0 saturated heterocycles. The fraction of sp³-hybridized carbons (Fsp3) is 0.324. The highest BCUT2D eigenvalue weighted by Crippen LogP contribution is 2.60. The van der Waals surface area contributed by atoms with E-state index >= 15 is 4.79 Å². The maximum atomic E-state index is 15.1. The average molecular weight is 645 g/mol. The Labute approximate surface area is 274 Å². The van der Waals surface area contributed by atoms with Gasteiger partial charge in [0.05, 0.1) is 12.1 Å². The maximum absolute atomic E-state index is 15.1. The SMILES string of the molecule is O=C(N1CCc2cc3c(c4c2[C@H]1Cc1ccc2c(c1-4)OCO2)OCO3)N1CCc2cc3c(c4c2[C@@H]1Cc1ccc2c(c1-4)OCO2)OCO3. The fourth-order valence-corrected chi connectivity index (χ4v) is 9.38. The van der Waals surface area contributed by atoms with Gasteiger partial charge in [-0.05, 0) is 83.3 Å². The van der Waals surface area contributed by atoms with E-state index in [1.165, 1.54) is 11.1 Å². The third kappa shape index (κ3) is 3.12. The van der Waals surface area contributed by atoms with Crippen molar-refractivity contribution in [3.8, 4) is 68.2 Å². The molecule has 0 N–H and O–H groups in total. The van der Waals surface area contributed by atoms with Crippen LogP contribution in [0.25, 0.3) is 22.3 Å². The summed E-state index contributed by atoms with van der Waals surface area (Å²) in [6, 6.07) is 12.1. The monoisotopic (exact) mass is 644 g/mol. The van der Waals surface area contributed by atoms with Crippen molar-refractivity contribution in [2.24, 2.45) is 0 Å². The lowest BCUT2D eigenvalue weighted by Gasteiger charge is -2.47. The second-order valence-corrected chi connectivity index (χ2v) is 13.4. The molecule has 6 aliphatic heterocycles. The lowest BCUT2D eigenvalue weighted by atomic mass is 9.75. The molecule has 0 radical (unpaired) electrons. The third-order valence-corrected chi connectivity index (χ3v) is 11.3. The number of amides is 2. The van der Waals surface area contributed by atoms with E-state index in [-0.39, 0.29) is 45.3 Å². The zero-order valence-corrected chi connectivity index (χ0v) is 25.8. The highest BCUT2D eigenvalue weighted by atomic mass is 16.7. The van der Waals surface area contributed by atoms with Crippen LogP contribution < -0.4 is 37.9 Å². The quantitative estimate of drug-likeness (QED) is 0.240. The van der Waals surface area contributed by atoms with Gasteiger partial charge in [-0.15, -0.1) is 0 Å². The molecule has 0 saturated carbocycles. The summed E-state index contributed by atoms with van der Waals surface area (Å²) in [7, 11) is 0. The standard InChI is InChI=1S/C37H28N2O9/c40-37(38-7-5-19-11-25-35(47-15-43-25)31-27(19)21(38)9-17-1-3-23-33(29(17)31)45-13-41-23)39-8-6-20-12-26-36(48-16-44-26)32-28(20)22(39)10-18-2-4-24-34(30(18)32)46-14-42-24/h1-4,11-12,21-22H,5-10,13-16H2/t21-,22+. The summed E-state index contributed by atoms with van der Waals surface area (Å²) in [6.45, 7) is 1.90.